The molecule has 0 aliphatic heterocycles. The maximum atomic E-state index is 13.8. The Morgan fingerprint density at radius 1 is 1.04 bits per heavy atom. The van der Waals surface area contributed by atoms with Crippen LogP contribution in [-0.2, 0) is 0 Å². The van der Waals surface area contributed by atoms with Crippen LogP contribution in [0.1, 0.15) is 22.0 Å². The number of aromatic nitrogens is 1. The zero-order valence-electron chi connectivity index (χ0n) is 14.4. The molecule has 5 heteroatoms. The second-order valence-corrected chi connectivity index (χ2v) is 6.34. The Balaban J connectivity index is 1.58. The summed E-state index contributed by atoms with van der Waals surface area (Å²) in [5, 5.41) is 16.4. The van der Waals surface area contributed by atoms with Crippen LogP contribution in [0.4, 0.5) is 4.39 Å². The van der Waals surface area contributed by atoms with Gasteiger partial charge in [0.05, 0.1) is 11.7 Å². The summed E-state index contributed by atoms with van der Waals surface area (Å²) < 4.78 is 13.8. The van der Waals surface area contributed by atoms with E-state index in [4.69, 9.17) is 0 Å². The van der Waals surface area contributed by atoms with Crippen LogP contribution >= 0.6 is 0 Å². The summed E-state index contributed by atoms with van der Waals surface area (Å²) in [5.74, 6) is -0.944. The van der Waals surface area contributed by atoms with E-state index in [1.807, 2.05) is 42.5 Å². The molecule has 4 aromatic rings. The summed E-state index contributed by atoms with van der Waals surface area (Å²) in [6.07, 6.45) is 2.20. The average molecular weight is 360 g/mol. The van der Waals surface area contributed by atoms with Crippen molar-refractivity contribution < 1.29 is 14.3 Å². The first kappa shape index (κ1) is 17.1. The minimum atomic E-state index is -0.874. The van der Waals surface area contributed by atoms with Gasteiger partial charge in [0.15, 0.2) is 0 Å². The molecule has 1 heterocycles. The van der Waals surface area contributed by atoms with Crippen LogP contribution in [0.5, 0.6) is 0 Å². The SMILES string of the molecule is O=C(NCC(O)c1cccc2ccccc12)c1cc(F)cc2cnccc12. The molecule has 0 aliphatic carbocycles. The van der Waals surface area contributed by atoms with E-state index < -0.39 is 17.8 Å². The molecule has 1 atom stereocenters. The highest BCUT2D eigenvalue weighted by Crippen LogP contribution is 2.24. The molecule has 1 amide bonds. The molecule has 1 aromatic heterocycles. The summed E-state index contributed by atoms with van der Waals surface area (Å²) in [7, 11) is 0. The van der Waals surface area contributed by atoms with Gasteiger partial charge in [0.1, 0.15) is 5.82 Å². The molecule has 0 fully saturated rings. The number of nitrogens with zero attached hydrogens (tertiary/aromatic N) is 1. The first-order valence-electron chi connectivity index (χ1n) is 8.60. The predicted octanol–water partition coefficient (Wildman–Crippen LogP) is 3.99. The Hall–Kier alpha value is -3.31. The van der Waals surface area contributed by atoms with Crippen molar-refractivity contribution in [3.63, 3.8) is 0 Å². The topological polar surface area (TPSA) is 62.2 Å². The number of aliphatic hydroxyl groups is 1. The molecule has 0 saturated carbocycles. The first-order valence-corrected chi connectivity index (χ1v) is 8.60. The summed E-state index contributed by atoms with van der Waals surface area (Å²) in [6.45, 7) is 0.0237. The number of rotatable bonds is 4. The van der Waals surface area contributed by atoms with E-state index in [0.29, 0.717) is 10.8 Å². The van der Waals surface area contributed by atoms with Crippen LogP contribution in [0.25, 0.3) is 21.5 Å². The minimum Gasteiger partial charge on any atom is -0.387 e. The molecule has 27 heavy (non-hydrogen) atoms. The first-order chi connectivity index (χ1) is 13.1. The van der Waals surface area contributed by atoms with Crippen LogP contribution in [0, 0.1) is 5.82 Å². The van der Waals surface area contributed by atoms with E-state index in [9.17, 15) is 14.3 Å². The number of halogens is 1. The molecular weight excluding hydrogens is 343 g/mol. The van der Waals surface area contributed by atoms with Crippen molar-refractivity contribution in [2.45, 2.75) is 6.10 Å². The van der Waals surface area contributed by atoms with Gasteiger partial charge in [0.25, 0.3) is 5.91 Å². The van der Waals surface area contributed by atoms with Crippen molar-refractivity contribution in [1.82, 2.24) is 10.3 Å². The molecule has 4 nitrogen and oxygen atoms in total. The third-order valence-electron chi connectivity index (χ3n) is 4.60. The second-order valence-electron chi connectivity index (χ2n) is 6.34. The highest BCUT2D eigenvalue weighted by atomic mass is 19.1. The van der Waals surface area contributed by atoms with Gasteiger partial charge in [0, 0.05) is 24.3 Å². The Kier molecular flexibility index (Phi) is 4.52. The van der Waals surface area contributed by atoms with Crippen molar-refractivity contribution in [3.05, 3.63) is 90.0 Å². The molecular formula is C22H17FN2O2. The lowest BCUT2D eigenvalue weighted by Gasteiger charge is -2.15. The molecule has 2 N–H and O–H groups in total. The minimum absolute atomic E-state index is 0.0237. The Labute approximate surface area is 155 Å². The maximum Gasteiger partial charge on any atom is 0.252 e. The van der Waals surface area contributed by atoms with Gasteiger partial charge in [-0.1, -0.05) is 42.5 Å². The van der Waals surface area contributed by atoms with Crippen LogP contribution < -0.4 is 5.32 Å². The normalized spacial score (nSPS) is 12.2. The third kappa shape index (κ3) is 3.37. The largest absolute Gasteiger partial charge is 0.387 e. The number of aliphatic hydroxyl groups excluding tert-OH is 1. The van der Waals surface area contributed by atoms with E-state index in [1.54, 1.807) is 12.3 Å². The lowest BCUT2D eigenvalue weighted by Crippen LogP contribution is -2.28. The van der Waals surface area contributed by atoms with Gasteiger partial charge in [-0.2, -0.15) is 0 Å². The highest BCUT2D eigenvalue weighted by Gasteiger charge is 2.16. The maximum absolute atomic E-state index is 13.8. The number of nitrogens with one attached hydrogen (secondary N) is 1. The van der Waals surface area contributed by atoms with E-state index in [1.165, 1.54) is 18.3 Å². The lowest BCUT2D eigenvalue weighted by molar-refractivity contribution is 0.0918. The Morgan fingerprint density at radius 3 is 2.74 bits per heavy atom. The van der Waals surface area contributed by atoms with Gasteiger partial charge >= 0.3 is 0 Å². The highest BCUT2D eigenvalue weighted by molar-refractivity contribution is 6.06. The monoisotopic (exact) mass is 360 g/mol. The Bertz CT molecular complexity index is 1140. The van der Waals surface area contributed by atoms with E-state index in [2.05, 4.69) is 10.3 Å². The molecule has 0 bridgehead atoms. The van der Waals surface area contributed by atoms with E-state index in [0.717, 1.165) is 16.3 Å². The quantitative estimate of drug-likeness (QED) is 0.578. The fraction of sp³-hybridized carbons (Fsp3) is 0.0909. The molecule has 0 radical (unpaired) electrons. The molecule has 3 aromatic carbocycles. The summed E-state index contributed by atoms with van der Waals surface area (Å²) >= 11 is 0. The number of amides is 1. The predicted molar refractivity (Wildman–Crippen MR) is 103 cm³/mol. The fourth-order valence-electron chi connectivity index (χ4n) is 3.30. The van der Waals surface area contributed by atoms with Crippen LogP contribution in [0.15, 0.2) is 73.1 Å². The molecule has 1 unspecified atom stereocenters. The summed E-state index contributed by atoms with van der Waals surface area (Å²) in [5.41, 5.74) is 0.958. The molecule has 4 rings (SSSR count). The zero-order chi connectivity index (χ0) is 18.8. The van der Waals surface area contributed by atoms with Crippen molar-refractivity contribution in [2.75, 3.05) is 6.54 Å². The van der Waals surface area contributed by atoms with Gasteiger partial charge in [-0.15, -0.1) is 0 Å². The Morgan fingerprint density at radius 2 is 1.85 bits per heavy atom. The van der Waals surface area contributed by atoms with Gasteiger partial charge < -0.3 is 10.4 Å². The number of carbonyl (C=O) groups excluding carboxylic acids is 1. The number of benzene rings is 3. The number of fused-ring (bicyclic) bond motifs is 2. The van der Waals surface area contributed by atoms with Crippen molar-refractivity contribution in [2.24, 2.45) is 0 Å². The van der Waals surface area contributed by atoms with Crippen LogP contribution in [0.3, 0.4) is 0 Å². The fourth-order valence-corrected chi connectivity index (χ4v) is 3.30. The summed E-state index contributed by atoms with van der Waals surface area (Å²) in [6, 6.07) is 17.6. The van der Waals surface area contributed by atoms with Gasteiger partial charge in [0.2, 0.25) is 0 Å². The van der Waals surface area contributed by atoms with E-state index in [-0.39, 0.29) is 12.1 Å². The number of carbonyl (C=O) groups is 1. The van der Waals surface area contributed by atoms with Crippen molar-refractivity contribution in [3.8, 4) is 0 Å². The molecule has 134 valence electrons. The summed E-state index contributed by atoms with van der Waals surface area (Å²) in [4.78, 5) is 16.6. The number of pyridine rings is 1. The van der Waals surface area contributed by atoms with Crippen LogP contribution in [-0.4, -0.2) is 22.5 Å². The second kappa shape index (κ2) is 7.13. The standard InChI is InChI=1S/C22H17FN2O2/c23-16-10-15-12-24-9-8-18(15)20(11-16)22(27)25-13-21(26)19-7-3-5-14-4-1-2-6-17(14)19/h1-12,21,26H,13H2,(H,25,27). The van der Waals surface area contributed by atoms with E-state index >= 15 is 0 Å². The number of hydrogen-bond acceptors (Lipinski definition) is 3. The smallest absolute Gasteiger partial charge is 0.252 e. The molecule has 0 aliphatic rings. The number of hydrogen-bond donors (Lipinski definition) is 2. The third-order valence-corrected chi connectivity index (χ3v) is 4.60. The van der Waals surface area contributed by atoms with Gasteiger partial charge in [-0.3, -0.25) is 9.78 Å². The van der Waals surface area contributed by atoms with Gasteiger partial charge in [-0.05, 0) is 39.9 Å². The average Bonchev–Trinajstić information content (AvgIpc) is 2.70. The van der Waals surface area contributed by atoms with Gasteiger partial charge in [-0.25, -0.2) is 4.39 Å². The molecule has 0 spiro atoms. The lowest BCUT2D eigenvalue weighted by atomic mass is 10.00. The van der Waals surface area contributed by atoms with Crippen LogP contribution in [0.2, 0.25) is 0 Å². The van der Waals surface area contributed by atoms with Crippen molar-refractivity contribution >= 4 is 27.5 Å². The molecule has 0 saturated heterocycles. The zero-order valence-corrected chi connectivity index (χ0v) is 14.4. The van der Waals surface area contributed by atoms with Crippen molar-refractivity contribution in [1.29, 1.82) is 0 Å².